The van der Waals surface area contributed by atoms with Crippen molar-refractivity contribution in [2.24, 2.45) is 0 Å². The van der Waals surface area contributed by atoms with Crippen LogP contribution in [0.1, 0.15) is 45.4 Å². The van der Waals surface area contributed by atoms with Crippen molar-refractivity contribution >= 4 is 5.97 Å². The summed E-state index contributed by atoms with van der Waals surface area (Å²) in [5.41, 5.74) is 0. The van der Waals surface area contributed by atoms with Crippen molar-refractivity contribution in [3.8, 4) is 0 Å². The summed E-state index contributed by atoms with van der Waals surface area (Å²) >= 11 is 0. The normalized spacial score (nSPS) is 15.1. The molecule has 0 aromatic heterocycles. The summed E-state index contributed by atoms with van der Waals surface area (Å²) in [6.45, 7) is 2.12. The number of hydrogen-bond acceptors (Lipinski definition) is 2. The number of ether oxygens (including phenoxy) is 1. The second kappa shape index (κ2) is 6.41. The number of allylic oxidation sites excluding steroid dienone is 4. The van der Waals surface area contributed by atoms with Gasteiger partial charge in [0.25, 0.3) is 0 Å². The first-order chi connectivity index (χ1) is 6.83. The summed E-state index contributed by atoms with van der Waals surface area (Å²) in [6.07, 6.45) is 11.5. The molecule has 0 bridgehead atoms. The molecule has 1 rings (SSSR count). The lowest BCUT2D eigenvalue weighted by atomic mass is 10.1. The van der Waals surface area contributed by atoms with Crippen LogP contribution < -0.4 is 0 Å². The van der Waals surface area contributed by atoms with Crippen LogP contribution in [0.4, 0.5) is 0 Å². The first-order valence-corrected chi connectivity index (χ1v) is 5.39. The maximum absolute atomic E-state index is 11.3. The zero-order valence-electron chi connectivity index (χ0n) is 8.79. The van der Waals surface area contributed by atoms with Gasteiger partial charge in [0.1, 0.15) is 5.76 Å². The Morgan fingerprint density at radius 3 is 3.00 bits per heavy atom. The van der Waals surface area contributed by atoms with Crippen molar-refractivity contribution in [2.45, 2.75) is 45.4 Å². The van der Waals surface area contributed by atoms with Crippen LogP contribution >= 0.6 is 0 Å². The van der Waals surface area contributed by atoms with Gasteiger partial charge in [0, 0.05) is 12.8 Å². The second-order valence-corrected chi connectivity index (χ2v) is 3.53. The van der Waals surface area contributed by atoms with Gasteiger partial charge in [-0.25, -0.2) is 0 Å². The number of esters is 1. The lowest BCUT2D eigenvalue weighted by molar-refractivity contribution is -0.139. The molecule has 2 nitrogen and oxygen atoms in total. The molecule has 0 unspecified atom stereocenters. The standard InChI is InChI=1S/C12H18O2/c1-2-3-5-10-12(13)14-11-8-6-4-7-9-11/h4,6,8H,2-3,5,7,9-10H2,1H3. The van der Waals surface area contributed by atoms with Gasteiger partial charge >= 0.3 is 5.97 Å². The average Bonchev–Trinajstić information content (AvgIpc) is 2.20. The summed E-state index contributed by atoms with van der Waals surface area (Å²) in [5, 5.41) is 0. The number of rotatable bonds is 5. The van der Waals surface area contributed by atoms with E-state index < -0.39 is 0 Å². The molecule has 0 N–H and O–H groups in total. The van der Waals surface area contributed by atoms with Crippen LogP contribution in [0.25, 0.3) is 0 Å². The summed E-state index contributed by atoms with van der Waals surface area (Å²) in [4.78, 5) is 11.3. The Morgan fingerprint density at radius 2 is 2.36 bits per heavy atom. The predicted octanol–water partition coefficient (Wildman–Crippen LogP) is 3.34. The number of unbranched alkanes of at least 4 members (excludes halogenated alkanes) is 2. The predicted molar refractivity (Wildman–Crippen MR) is 56.7 cm³/mol. The Hall–Kier alpha value is -1.05. The molecule has 0 heterocycles. The van der Waals surface area contributed by atoms with Gasteiger partial charge in [-0.05, 0) is 18.9 Å². The van der Waals surface area contributed by atoms with Crippen molar-refractivity contribution in [1.82, 2.24) is 0 Å². The summed E-state index contributed by atoms with van der Waals surface area (Å²) < 4.78 is 5.21. The Bertz CT molecular complexity index is 239. The summed E-state index contributed by atoms with van der Waals surface area (Å²) in [7, 11) is 0. The van der Waals surface area contributed by atoms with E-state index in [4.69, 9.17) is 4.74 Å². The molecule has 0 saturated carbocycles. The molecule has 1 aliphatic carbocycles. The molecule has 0 spiro atoms. The van der Waals surface area contributed by atoms with Gasteiger partial charge in [-0.1, -0.05) is 31.9 Å². The molecule has 0 fully saturated rings. The topological polar surface area (TPSA) is 26.3 Å². The lowest BCUT2D eigenvalue weighted by Gasteiger charge is -2.09. The molecule has 0 aromatic rings. The molecular weight excluding hydrogens is 176 g/mol. The Kier molecular flexibility index (Phi) is 5.05. The highest BCUT2D eigenvalue weighted by atomic mass is 16.5. The van der Waals surface area contributed by atoms with Crippen LogP contribution in [-0.4, -0.2) is 5.97 Å². The Morgan fingerprint density at radius 1 is 1.50 bits per heavy atom. The quantitative estimate of drug-likeness (QED) is 0.495. The fraction of sp³-hybridized carbons (Fsp3) is 0.583. The van der Waals surface area contributed by atoms with E-state index in [1.54, 1.807) is 0 Å². The number of hydrogen-bond donors (Lipinski definition) is 0. The molecule has 0 atom stereocenters. The van der Waals surface area contributed by atoms with E-state index in [0.29, 0.717) is 6.42 Å². The smallest absolute Gasteiger partial charge is 0.310 e. The van der Waals surface area contributed by atoms with E-state index in [1.807, 2.05) is 12.2 Å². The van der Waals surface area contributed by atoms with Crippen molar-refractivity contribution in [1.29, 1.82) is 0 Å². The monoisotopic (exact) mass is 194 g/mol. The first kappa shape index (κ1) is 11.0. The third-order valence-electron chi connectivity index (χ3n) is 2.20. The van der Waals surface area contributed by atoms with E-state index in [2.05, 4.69) is 13.0 Å². The van der Waals surface area contributed by atoms with E-state index >= 15 is 0 Å². The van der Waals surface area contributed by atoms with Crippen molar-refractivity contribution in [2.75, 3.05) is 0 Å². The molecule has 0 aliphatic heterocycles. The zero-order valence-corrected chi connectivity index (χ0v) is 8.79. The van der Waals surface area contributed by atoms with Gasteiger partial charge in [0.2, 0.25) is 0 Å². The second-order valence-electron chi connectivity index (χ2n) is 3.53. The lowest BCUT2D eigenvalue weighted by Crippen LogP contribution is -2.05. The van der Waals surface area contributed by atoms with Crippen LogP contribution in [0.2, 0.25) is 0 Å². The van der Waals surface area contributed by atoms with Gasteiger partial charge in [-0.2, -0.15) is 0 Å². The van der Waals surface area contributed by atoms with Gasteiger partial charge in [-0.15, -0.1) is 0 Å². The van der Waals surface area contributed by atoms with Crippen LogP contribution in [0.5, 0.6) is 0 Å². The fourth-order valence-corrected chi connectivity index (χ4v) is 1.38. The minimum absolute atomic E-state index is 0.0833. The number of carbonyl (C=O) groups excluding carboxylic acids is 1. The van der Waals surface area contributed by atoms with Crippen LogP contribution in [-0.2, 0) is 9.53 Å². The largest absolute Gasteiger partial charge is 0.431 e. The molecule has 14 heavy (non-hydrogen) atoms. The minimum atomic E-state index is -0.0833. The molecule has 2 heteroatoms. The van der Waals surface area contributed by atoms with Gasteiger partial charge in [0.15, 0.2) is 0 Å². The van der Waals surface area contributed by atoms with E-state index in [9.17, 15) is 4.79 Å². The summed E-state index contributed by atoms with van der Waals surface area (Å²) in [5.74, 6) is 0.731. The average molecular weight is 194 g/mol. The van der Waals surface area contributed by atoms with Gasteiger partial charge < -0.3 is 4.74 Å². The van der Waals surface area contributed by atoms with E-state index in [1.165, 1.54) is 0 Å². The Balaban J connectivity index is 2.19. The maximum Gasteiger partial charge on any atom is 0.310 e. The molecule has 0 radical (unpaired) electrons. The third kappa shape index (κ3) is 4.26. The molecular formula is C12H18O2. The first-order valence-electron chi connectivity index (χ1n) is 5.39. The van der Waals surface area contributed by atoms with Crippen LogP contribution in [0.3, 0.4) is 0 Å². The highest BCUT2D eigenvalue weighted by Gasteiger charge is 2.07. The van der Waals surface area contributed by atoms with Crippen LogP contribution in [0, 0.1) is 0 Å². The highest BCUT2D eigenvalue weighted by molar-refractivity contribution is 5.70. The molecule has 1 aliphatic rings. The third-order valence-corrected chi connectivity index (χ3v) is 2.20. The Labute approximate surface area is 85.6 Å². The molecule has 0 amide bonds. The fourth-order valence-electron chi connectivity index (χ4n) is 1.38. The maximum atomic E-state index is 11.3. The minimum Gasteiger partial charge on any atom is -0.431 e. The van der Waals surface area contributed by atoms with Gasteiger partial charge in [0.05, 0.1) is 0 Å². The van der Waals surface area contributed by atoms with Crippen molar-refractivity contribution < 1.29 is 9.53 Å². The molecule has 0 aromatic carbocycles. The van der Waals surface area contributed by atoms with Gasteiger partial charge in [-0.3, -0.25) is 4.79 Å². The van der Waals surface area contributed by atoms with Crippen LogP contribution in [0.15, 0.2) is 24.0 Å². The molecule has 78 valence electrons. The molecule has 0 saturated heterocycles. The summed E-state index contributed by atoms with van der Waals surface area (Å²) in [6, 6.07) is 0. The zero-order chi connectivity index (χ0) is 10.2. The van der Waals surface area contributed by atoms with Crippen molar-refractivity contribution in [3.05, 3.63) is 24.0 Å². The highest BCUT2D eigenvalue weighted by Crippen LogP contribution is 2.14. The SMILES string of the molecule is CCCCCC(=O)OC1=CC=CCC1. The van der Waals surface area contributed by atoms with Crippen molar-refractivity contribution in [3.63, 3.8) is 0 Å². The van der Waals surface area contributed by atoms with E-state index in [0.717, 1.165) is 37.9 Å². The number of carbonyl (C=O) groups is 1. The van der Waals surface area contributed by atoms with E-state index in [-0.39, 0.29) is 5.97 Å².